The first-order valence-electron chi connectivity index (χ1n) is 10.6. The maximum absolute atomic E-state index is 12.9. The third-order valence-electron chi connectivity index (χ3n) is 5.17. The molecule has 0 saturated carbocycles. The zero-order chi connectivity index (χ0) is 23.4. The molecule has 4 rings (SSSR count). The van der Waals surface area contributed by atoms with Crippen LogP contribution >= 0.6 is 11.8 Å². The van der Waals surface area contributed by atoms with E-state index in [1.165, 1.54) is 11.1 Å². The molecule has 8 heteroatoms. The minimum absolute atomic E-state index is 0.215. The molecule has 0 amide bonds. The molecular weight excluding hydrogens is 452 g/mol. The number of benzene rings is 3. The predicted octanol–water partition coefficient (Wildman–Crippen LogP) is 5.22. The van der Waals surface area contributed by atoms with Crippen molar-refractivity contribution >= 4 is 21.8 Å². The number of aryl methyl sites for hydroxylation is 2. The summed E-state index contributed by atoms with van der Waals surface area (Å²) in [5.41, 5.74) is 4.42. The summed E-state index contributed by atoms with van der Waals surface area (Å²) >= 11 is 1.57. The van der Waals surface area contributed by atoms with Crippen LogP contribution < -0.4 is 4.72 Å². The first kappa shape index (κ1) is 23.2. The van der Waals surface area contributed by atoms with Gasteiger partial charge < -0.3 is 0 Å². The maximum Gasteiger partial charge on any atom is 0.241 e. The van der Waals surface area contributed by atoms with Crippen molar-refractivity contribution in [3.05, 3.63) is 101 Å². The Kier molecular flexibility index (Phi) is 6.97. The van der Waals surface area contributed by atoms with Crippen LogP contribution in [0.2, 0.25) is 0 Å². The van der Waals surface area contributed by atoms with Gasteiger partial charge in [-0.2, -0.15) is 0 Å². The van der Waals surface area contributed by atoms with Crippen LogP contribution in [0.5, 0.6) is 0 Å². The summed E-state index contributed by atoms with van der Waals surface area (Å²) in [7, 11) is -3.70. The second kappa shape index (κ2) is 9.91. The summed E-state index contributed by atoms with van der Waals surface area (Å²) in [4.78, 5) is 0.215. The lowest BCUT2D eigenvalue weighted by Crippen LogP contribution is -2.28. The zero-order valence-corrected chi connectivity index (χ0v) is 20.4. The molecule has 0 aliphatic carbocycles. The van der Waals surface area contributed by atoms with Crippen molar-refractivity contribution in [3.63, 3.8) is 0 Å². The van der Waals surface area contributed by atoms with E-state index in [9.17, 15) is 8.42 Å². The van der Waals surface area contributed by atoms with Gasteiger partial charge in [-0.1, -0.05) is 77.5 Å². The number of hydrogen-bond donors (Lipinski definition) is 1. The van der Waals surface area contributed by atoms with Crippen LogP contribution in [0.4, 0.5) is 0 Å². The first-order valence-corrected chi connectivity index (χ1v) is 13.1. The van der Waals surface area contributed by atoms with E-state index in [1.807, 2.05) is 41.8 Å². The Morgan fingerprint density at radius 1 is 0.909 bits per heavy atom. The molecule has 1 heterocycles. The van der Waals surface area contributed by atoms with E-state index >= 15 is 0 Å². The Morgan fingerprint density at radius 3 is 2.33 bits per heavy atom. The van der Waals surface area contributed by atoms with Crippen molar-refractivity contribution in [2.75, 3.05) is 0 Å². The standard InChI is InChI=1S/C25H26N4O2S2/c1-18-12-14-22(15-13-18)29-24(20(3)28-33(30,31)23-10-5-4-6-11-23)26-27-25(29)32-17-21-9-7-8-19(2)16-21/h4-16,20,28H,17H2,1-3H3. The van der Waals surface area contributed by atoms with Gasteiger partial charge in [-0.15, -0.1) is 10.2 Å². The van der Waals surface area contributed by atoms with Crippen LogP contribution in [0.25, 0.3) is 5.69 Å². The minimum atomic E-state index is -3.70. The van der Waals surface area contributed by atoms with E-state index < -0.39 is 16.1 Å². The number of aromatic nitrogens is 3. The highest BCUT2D eigenvalue weighted by molar-refractivity contribution is 7.98. The van der Waals surface area contributed by atoms with Gasteiger partial charge in [0.1, 0.15) is 0 Å². The molecule has 0 aliphatic heterocycles. The van der Waals surface area contributed by atoms with E-state index in [1.54, 1.807) is 49.0 Å². The molecule has 4 aromatic rings. The fraction of sp³-hybridized carbons (Fsp3) is 0.200. The Bertz CT molecular complexity index is 1330. The lowest BCUT2D eigenvalue weighted by molar-refractivity contribution is 0.556. The molecule has 0 fully saturated rings. The zero-order valence-electron chi connectivity index (χ0n) is 18.8. The second-order valence-corrected chi connectivity index (χ2v) is 10.6. The van der Waals surface area contributed by atoms with Crippen molar-refractivity contribution in [2.45, 2.75) is 42.6 Å². The lowest BCUT2D eigenvalue weighted by atomic mass is 10.2. The van der Waals surface area contributed by atoms with Gasteiger partial charge in [-0.25, -0.2) is 13.1 Å². The van der Waals surface area contributed by atoms with Crippen LogP contribution in [0.3, 0.4) is 0 Å². The quantitative estimate of drug-likeness (QED) is 0.352. The van der Waals surface area contributed by atoms with E-state index in [-0.39, 0.29) is 4.90 Å². The monoisotopic (exact) mass is 478 g/mol. The highest BCUT2D eigenvalue weighted by Crippen LogP contribution is 2.28. The summed E-state index contributed by atoms with van der Waals surface area (Å²) in [5, 5.41) is 9.51. The number of thioether (sulfide) groups is 1. The summed E-state index contributed by atoms with van der Waals surface area (Å²) < 4.78 is 30.4. The highest BCUT2D eigenvalue weighted by atomic mass is 32.2. The van der Waals surface area contributed by atoms with Crippen molar-refractivity contribution in [1.29, 1.82) is 0 Å². The molecule has 170 valence electrons. The molecule has 0 bridgehead atoms. The molecule has 1 aromatic heterocycles. The first-order chi connectivity index (χ1) is 15.8. The van der Waals surface area contributed by atoms with Crippen molar-refractivity contribution in [3.8, 4) is 5.69 Å². The molecule has 0 spiro atoms. The molecule has 6 nitrogen and oxygen atoms in total. The molecule has 1 N–H and O–H groups in total. The van der Waals surface area contributed by atoms with E-state index in [0.29, 0.717) is 11.0 Å². The predicted molar refractivity (Wildman–Crippen MR) is 132 cm³/mol. The number of nitrogens with zero attached hydrogens (tertiary/aromatic N) is 3. The molecule has 0 radical (unpaired) electrons. The van der Waals surface area contributed by atoms with E-state index in [2.05, 4.69) is 40.0 Å². The van der Waals surface area contributed by atoms with Gasteiger partial charge in [0.25, 0.3) is 0 Å². The number of nitrogens with one attached hydrogen (secondary N) is 1. The normalized spacial score (nSPS) is 12.6. The van der Waals surface area contributed by atoms with Crippen molar-refractivity contribution < 1.29 is 8.42 Å². The second-order valence-electron chi connectivity index (χ2n) is 7.95. The van der Waals surface area contributed by atoms with Crippen LogP contribution in [0.15, 0.2) is 88.9 Å². The minimum Gasteiger partial charge on any atom is -0.273 e. The molecule has 0 aliphatic rings. The van der Waals surface area contributed by atoms with Crippen molar-refractivity contribution in [2.24, 2.45) is 0 Å². The fourth-order valence-corrected chi connectivity index (χ4v) is 5.62. The summed E-state index contributed by atoms with van der Waals surface area (Å²) in [6.07, 6.45) is 0. The van der Waals surface area contributed by atoms with Gasteiger partial charge in [0, 0.05) is 11.4 Å². The third kappa shape index (κ3) is 5.52. The van der Waals surface area contributed by atoms with Crippen molar-refractivity contribution in [1.82, 2.24) is 19.5 Å². The summed E-state index contributed by atoms with van der Waals surface area (Å²) in [6.45, 7) is 5.88. The number of hydrogen-bond acceptors (Lipinski definition) is 5. The molecule has 0 saturated heterocycles. The van der Waals surface area contributed by atoms with E-state index in [4.69, 9.17) is 0 Å². The van der Waals surface area contributed by atoms with Gasteiger partial charge in [0.2, 0.25) is 10.0 Å². The fourth-order valence-electron chi connectivity index (χ4n) is 3.49. The molecule has 1 unspecified atom stereocenters. The van der Waals surface area contributed by atoms with Crippen LogP contribution in [0.1, 0.15) is 35.5 Å². The summed E-state index contributed by atoms with van der Waals surface area (Å²) in [5.74, 6) is 1.26. The Labute approximate surface area is 199 Å². The summed E-state index contributed by atoms with van der Waals surface area (Å²) in [6, 6.07) is 24.1. The Morgan fingerprint density at radius 2 is 1.64 bits per heavy atom. The molecule has 3 aromatic carbocycles. The van der Waals surface area contributed by atoms with Gasteiger partial charge in [0.15, 0.2) is 11.0 Å². The van der Waals surface area contributed by atoms with Gasteiger partial charge in [-0.3, -0.25) is 4.57 Å². The molecule has 1 atom stereocenters. The average molecular weight is 479 g/mol. The Hall–Kier alpha value is -2.94. The van der Waals surface area contributed by atoms with E-state index in [0.717, 1.165) is 17.0 Å². The smallest absolute Gasteiger partial charge is 0.241 e. The van der Waals surface area contributed by atoms with Crippen LogP contribution in [0, 0.1) is 13.8 Å². The molecule has 33 heavy (non-hydrogen) atoms. The topological polar surface area (TPSA) is 76.9 Å². The van der Waals surface area contributed by atoms with Gasteiger partial charge in [-0.05, 0) is 50.6 Å². The van der Waals surface area contributed by atoms with Crippen LogP contribution in [-0.2, 0) is 15.8 Å². The maximum atomic E-state index is 12.9. The number of sulfonamides is 1. The largest absolute Gasteiger partial charge is 0.273 e. The molecular formula is C25H26N4O2S2. The van der Waals surface area contributed by atoms with Gasteiger partial charge in [0.05, 0.1) is 10.9 Å². The van der Waals surface area contributed by atoms with Gasteiger partial charge >= 0.3 is 0 Å². The highest BCUT2D eigenvalue weighted by Gasteiger charge is 2.24. The Balaban J connectivity index is 1.66. The SMILES string of the molecule is Cc1ccc(-n2c(SCc3cccc(C)c3)nnc2C(C)NS(=O)(=O)c2ccccc2)cc1. The van der Waals surface area contributed by atoms with Crippen LogP contribution in [-0.4, -0.2) is 23.2 Å². The number of rotatable bonds is 8. The lowest BCUT2D eigenvalue weighted by Gasteiger charge is -2.17. The average Bonchev–Trinajstić information content (AvgIpc) is 3.23. The third-order valence-corrected chi connectivity index (χ3v) is 7.73.